The van der Waals surface area contributed by atoms with Crippen molar-refractivity contribution >= 4 is 27.5 Å². The number of nitrogens with one attached hydrogen (secondary N) is 1. The first kappa shape index (κ1) is 24.4. The Hall–Kier alpha value is -2.69. The molecule has 9 nitrogen and oxygen atoms in total. The summed E-state index contributed by atoms with van der Waals surface area (Å²) >= 11 is 0. The summed E-state index contributed by atoms with van der Waals surface area (Å²) in [5.74, 6) is -0.140. The quantitative estimate of drug-likeness (QED) is 0.583. The van der Waals surface area contributed by atoms with Gasteiger partial charge < -0.3 is 14.7 Å². The molecule has 184 valence electrons. The van der Waals surface area contributed by atoms with Crippen molar-refractivity contribution in [2.75, 3.05) is 55.6 Å². The van der Waals surface area contributed by atoms with E-state index < -0.39 is 16.0 Å². The second-order valence-electron chi connectivity index (χ2n) is 9.00. The minimum Gasteiger partial charge on any atom is -0.478 e. The van der Waals surface area contributed by atoms with E-state index in [0.717, 1.165) is 70.8 Å². The van der Waals surface area contributed by atoms with Crippen LogP contribution in [-0.4, -0.2) is 75.3 Å². The summed E-state index contributed by atoms with van der Waals surface area (Å²) in [5.41, 5.74) is 0.940. The Morgan fingerprint density at radius 3 is 2.59 bits per heavy atom. The summed E-state index contributed by atoms with van der Waals surface area (Å²) in [7, 11) is -3.85. The molecule has 3 heterocycles. The molecule has 0 radical (unpaired) electrons. The molecule has 2 fully saturated rings. The molecule has 0 amide bonds. The van der Waals surface area contributed by atoms with E-state index in [-0.39, 0.29) is 16.1 Å². The van der Waals surface area contributed by atoms with Gasteiger partial charge in [0.15, 0.2) is 0 Å². The molecule has 34 heavy (non-hydrogen) atoms. The number of nitrogens with zero attached hydrogens (tertiary/aromatic N) is 3. The van der Waals surface area contributed by atoms with Crippen LogP contribution in [0.1, 0.15) is 35.2 Å². The predicted molar refractivity (Wildman–Crippen MR) is 130 cm³/mol. The number of carbonyl (C=O) groups is 1. The lowest BCUT2D eigenvalue weighted by Gasteiger charge is -2.35. The van der Waals surface area contributed by atoms with E-state index in [1.807, 2.05) is 17.9 Å². The van der Waals surface area contributed by atoms with Gasteiger partial charge >= 0.3 is 5.97 Å². The molecule has 0 saturated carbocycles. The highest BCUT2D eigenvalue weighted by Gasteiger charge is 2.25. The topological polar surface area (TPSA) is 112 Å². The molecule has 0 spiro atoms. The number of aryl methyl sites for hydroxylation is 1. The summed E-state index contributed by atoms with van der Waals surface area (Å²) < 4.78 is 33.3. The molecular formula is C24H32N4O5S. The number of hydrogen-bond donors (Lipinski definition) is 2. The number of morpholine rings is 1. The van der Waals surface area contributed by atoms with Gasteiger partial charge in [0.25, 0.3) is 10.0 Å². The zero-order valence-electron chi connectivity index (χ0n) is 19.4. The number of carboxylic acids is 1. The molecule has 0 atom stereocenters. The Bertz CT molecular complexity index is 1110. The van der Waals surface area contributed by atoms with E-state index >= 15 is 0 Å². The number of aromatic carboxylic acids is 1. The first-order valence-corrected chi connectivity index (χ1v) is 13.2. The van der Waals surface area contributed by atoms with Crippen molar-refractivity contribution in [1.29, 1.82) is 0 Å². The molecule has 1 aromatic heterocycles. The largest absolute Gasteiger partial charge is 0.478 e. The number of ether oxygens (including phenoxy) is 1. The van der Waals surface area contributed by atoms with Crippen LogP contribution in [-0.2, 0) is 14.8 Å². The van der Waals surface area contributed by atoms with Gasteiger partial charge in [-0.05, 0) is 62.4 Å². The van der Waals surface area contributed by atoms with Crippen LogP contribution >= 0.6 is 0 Å². The number of piperidine rings is 1. The number of pyridine rings is 1. The fraction of sp³-hybridized carbons (Fsp3) is 0.500. The maximum atomic E-state index is 12.7. The Morgan fingerprint density at radius 1 is 1.18 bits per heavy atom. The molecule has 2 aliphatic heterocycles. The van der Waals surface area contributed by atoms with Crippen molar-refractivity contribution in [1.82, 2.24) is 9.88 Å². The van der Waals surface area contributed by atoms with E-state index in [2.05, 4.69) is 14.6 Å². The van der Waals surface area contributed by atoms with Gasteiger partial charge in [0, 0.05) is 26.2 Å². The Balaban J connectivity index is 1.40. The van der Waals surface area contributed by atoms with Crippen LogP contribution in [0.25, 0.3) is 0 Å². The van der Waals surface area contributed by atoms with E-state index in [1.54, 1.807) is 12.1 Å². The highest BCUT2D eigenvalue weighted by atomic mass is 32.2. The van der Waals surface area contributed by atoms with Gasteiger partial charge in [-0.2, -0.15) is 0 Å². The van der Waals surface area contributed by atoms with Gasteiger partial charge in [-0.3, -0.25) is 9.62 Å². The summed E-state index contributed by atoms with van der Waals surface area (Å²) in [4.78, 5) is 20.9. The minimum atomic E-state index is -3.85. The van der Waals surface area contributed by atoms with E-state index in [0.29, 0.717) is 11.7 Å². The third-order valence-corrected chi connectivity index (χ3v) is 7.90. The zero-order valence-corrected chi connectivity index (χ0v) is 20.3. The van der Waals surface area contributed by atoms with Crippen LogP contribution in [0.4, 0.5) is 11.5 Å². The standard InChI is InChI=1S/C24H32N4O5S/c1-18-3-2-4-21(15-18)34(31,32)26-20-16-22(24(29)30)23(25-17-20)28-9-6-19(7-10-28)5-8-27-11-13-33-14-12-27/h2-4,15-17,19,26H,5-14H2,1H3,(H,29,30). The van der Waals surface area contributed by atoms with Crippen LogP contribution in [0.15, 0.2) is 41.4 Å². The number of hydrogen-bond acceptors (Lipinski definition) is 7. The predicted octanol–water partition coefficient (Wildman–Crippen LogP) is 2.83. The molecule has 2 saturated heterocycles. The van der Waals surface area contributed by atoms with Crippen molar-refractivity contribution in [2.45, 2.75) is 31.1 Å². The third-order valence-electron chi connectivity index (χ3n) is 6.52. The lowest BCUT2D eigenvalue weighted by molar-refractivity contribution is 0.0349. The first-order valence-electron chi connectivity index (χ1n) is 11.7. The lowest BCUT2D eigenvalue weighted by atomic mass is 9.93. The Morgan fingerprint density at radius 2 is 1.91 bits per heavy atom. The molecule has 0 aliphatic carbocycles. The molecular weight excluding hydrogens is 456 g/mol. The van der Waals surface area contributed by atoms with Crippen LogP contribution in [0.2, 0.25) is 0 Å². The minimum absolute atomic E-state index is 0.00351. The van der Waals surface area contributed by atoms with Gasteiger partial charge in [-0.25, -0.2) is 18.2 Å². The van der Waals surface area contributed by atoms with Gasteiger partial charge in [0.2, 0.25) is 0 Å². The van der Waals surface area contributed by atoms with Crippen molar-refractivity contribution in [3.8, 4) is 0 Å². The number of aromatic nitrogens is 1. The van der Waals surface area contributed by atoms with Crippen LogP contribution in [0, 0.1) is 12.8 Å². The summed E-state index contributed by atoms with van der Waals surface area (Å²) in [5, 5.41) is 9.79. The SMILES string of the molecule is Cc1cccc(S(=O)(=O)Nc2cnc(N3CCC(CCN4CCOCC4)CC3)c(C(=O)O)c2)c1. The average molecular weight is 489 g/mol. The van der Waals surface area contributed by atoms with Crippen LogP contribution in [0.5, 0.6) is 0 Å². The monoisotopic (exact) mass is 488 g/mol. The average Bonchev–Trinajstić information content (AvgIpc) is 2.83. The normalized spacial score (nSPS) is 18.1. The third kappa shape index (κ3) is 6.05. The van der Waals surface area contributed by atoms with Crippen LogP contribution < -0.4 is 9.62 Å². The van der Waals surface area contributed by atoms with Gasteiger partial charge in [-0.15, -0.1) is 0 Å². The van der Waals surface area contributed by atoms with E-state index in [1.165, 1.54) is 18.3 Å². The maximum absolute atomic E-state index is 12.7. The Labute approximate surface area is 200 Å². The summed E-state index contributed by atoms with van der Waals surface area (Å²) in [6, 6.07) is 7.88. The number of carboxylic acid groups (broad SMARTS) is 1. The molecule has 0 bridgehead atoms. The van der Waals surface area contributed by atoms with E-state index in [9.17, 15) is 18.3 Å². The van der Waals surface area contributed by atoms with Gasteiger partial charge in [0.05, 0.1) is 30.0 Å². The van der Waals surface area contributed by atoms with Crippen molar-refractivity contribution in [3.63, 3.8) is 0 Å². The fourth-order valence-corrected chi connectivity index (χ4v) is 5.68. The van der Waals surface area contributed by atoms with Gasteiger partial charge in [-0.1, -0.05) is 12.1 Å². The number of sulfonamides is 1. The maximum Gasteiger partial charge on any atom is 0.339 e. The zero-order chi connectivity index (χ0) is 24.1. The number of anilines is 2. The summed E-state index contributed by atoms with van der Waals surface area (Å²) in [6.45, 7) is 7.94. The lowest BCUT2D eigenvalue weighted by Crippen LogP contribution is -2.39. The number of benzene rings is 1. The second kappa shape index (κ2) is 10.7. The molecule has 1 aromatic carbocycles. The van der Waals surface area contributed by atoms with Crippen molar-refractivity contribution in [3.05, 3.63) is 47.7 Å². The summed E-state index contributed by atoms with van der Waals surface area (Å²) in [6.07, 6.45) is 4.48. The van der Waals surface area contributed by atoms with E-state index in [4.69, 9.17) is 4.74 Å². The fourth-order valence-electron chi connectivity index (χ4n) is 4.54. The molecule has 0 unspecified atom stereocenters. The van der Waals surface area contributed by atoms with Gasteiger partial charge in [0.1, 0.15) is 11.4 Å². The first-order chi connectivity index (χ1) is 16.3. The number of rotatable bonds is 8. The molecule has 4 rings (SSSR count). The molecule has 10 heteroatoms. The van der Waals surface area contributed by atoms with Crippen molar-refractivity contribution in [2.24, 2.45) is 5.92 Å². The van der Waals surface area contributed by atoms with Crippen molar-refractivity contribution < 1.29 is 23.1 Å². The highest BCUT2D eigenvalue weighted by molar-refractivity contribution is 7.92. The Kier molecular flexibility index (Phi) is 7.70. The molecule has 2 N–H and O–H groups in total. The highest BCUT2D eigenvalue weighted by Crippen LogP contribution is 2.29. The smallest absolute Gasteiger partial charge is 0.339 e. The molecule has 2 aliphatic rings. The second-order valence-corrected chi connectivity index (χ2v) is 10.7. The van der Waals surface area contributed by atoms with Crippen LogP contribution in [0.3, 0.4) is 0 Å². The molecule has 2 aromatic rings.